The normalized spacial score (nSPS) is 26.2. The smallest absolute Gasteiger partial charge is 0.407 e. The molecule has 0 radical (unpaired) electrons. The lowest BCUT2D eigenvalue weighted by molar-refractivity contribution is 0.168. The van der Waals surface area contributed by atoms with E-state index in [1.807, 2.05) is 0 Å². The van der Waals surface area contributed by atoms with Gasteiger partial charge in [0.15, 0.2) is 0 Å². The van der Waals surface area contributed by atoms with Crippen LogP contribution < -0.4 is 5.32 Å². The zero-order valence-electron chi connectivity index (χ0n) is 14.6. The first-order valence-corrected chi connectivity index (χ1v) is 9.00. The van der Waals surface area contributed by atoms with Crippen LogP contribution in [0.4, 0.5) is 4.79 Å². The van der Waals surface area contributed by atoms with E-state index in [1.54, 1.807) is 0 Å². The minimum atomic E-state index is -0.279. The molecule has 2 fully saturated rings. The van der Waals surface area contributed by atoms with Crippen molar-refractivity contribution in [2.75, 3.05) is 39.8 Å². The summed E-state index contributed by atoms with van der Waals surface area (Å²) < 4.78 is 7.39. The molecule has 132 valence electrons. The van der Waals surface area contributed by atoms with Gasteiger partial charge < -0.3 is 19.5 Å². The number of piperidine rings is 1. The summed E-state index contributed by atoms with van der Waals surface area (Å²) in [4.78, 5) is 20.9. The van der Waals surface area contributed by atoms with E-state index >= 15 is 0 Å². The SMILES string of the molecule is Cc1nc(C2CCN(CC3COC(=O)N3)CC2)c2n1CCN(C)C2. The Balaban J connectivity index is 1.39. The van der Waals surface area contributed by atoms with Crippen molar-refractivity contribution in [3.63, 3.8) is 0 Å². The molecule has 0 spiro atoms. The van der Waals surface area contributed by atoms with Crippen LogP contribution in [0.1, 0.15) is 36.0 Å². The summed E-state index contributed by atoms with van der Waals surface area (Å²) in [6.45, 7) is 8.84. The number of ether oxygens (including phenoxy) is 1. The highest BCUT2D eigenvalue weighted by atomic mass is 16.6. The van der Waals surface area contributed by atoms with E-state index in [0.717, 1.165) is 52.1 Å². The molecule has 0 aliphatic carbocycles. The molecule has 4 heterocycles. The van der Waals surface area contributed by atoms with Gasteiger partial charge in [-0.3, -0.25) is 4.90 Å². The number of likely N-dealkylation sites (tertiary alicyclic amines) is 1. The Bertz CT molecular complexity index is 621. The van der Waals surface area contributed by atoms with Crippen molar-refractivity contribution in [1.82, 2.24) is 24.7 Å². The van der Waals surface area contributed by atoms with Crippen molar-refractivity contribution in [3.8, 4) is 0 Å². The lowest BCUT2D eigenvalue weighted by atomic mass is 9.91. The molecule has 4 rings (SSSR count). The number of cyclic esters (lactones) is 1. The standard InChI is InChI=1S/C17H27N5O2/c1-12-18-16(15-10-20(2)7-8-22(12)15)13-3-5-21(6-4-13)9-14-11-24-17(23)19-14/h13-14H,3-11H2,1-2H3,(H,19,23). The summed E-state index contributed by atoms with van der Waals surface area (Å²) in [6, 6.07) is 0.144. The minimum absolute atomic E-state index is 0.144. The Hall–Kier alpha value is -1.60. The zero-order valence-corrected chi connectivity index (χ0v) is 14.6. The number of hydrogen-bond donors (Lipinski definition) is 1. The van der Waals surface area contributed by atoms with Crippen molar-refractivity contribution in [3.05, 3.63) is 17.2 Å². The molecule has 0 aromatic carbocycles. The maximum Gasteiger partial charge on any atom is 0.407 e. The van der Waals surface area contributed by atoms with Gasteiger partial charge in [-0.2, -0.15) is 0 Å². The van der Waals surface area contributed by atoms with Gasteiger partial charge in [-0.05, 0) is 39.9 Å². The molecule has 1 N–H and O–H groups in total. The predicted molar refractivity (Wildman–Crippen MR) is 90.0 cm³/mol. The Kier molecular flexibility index (Phi) is 4.22. The van der Waals surface area contributed by atoms with Gasteiger partial charge in [0.25, 0.3) is 0 Å². The van der Waals surface area contributed by atoms with Crippen molar-refractivity contribution in [2.24, 2.45) is 0 Å². The summed E-state index contributed by atoms with van der Waals surface area (Å²) in [5.41, 5.74) is 2.76. The summed E-state index contributed by atoms with van der Waals surface area (Å²) in [5, 5.41) is 2.87. The topological polar surface area (TPSA) is 62.6 Å². The molecule has 0 bridgehead atoms. The van der Waals surface area contributed by atoms with E-state index < -0.39 is 0 Å². The van der Waals surface area contributed by atoms with Crippen molar-refractivity contribution in [1.29, 1.82) is 0 Å². The molecular weight excluding hydrogens is 306 g/mol. The van der Waals surface area contributed by atoms with E-state index in [9.17, 15) is 4.79 Å². The number of carbonyl (C=O) groups excluding carboxylic acids is 1. The minimum Gasteiger partial charge on any atom is -0.447 e. The molecule has 1 amide bonds. The molecule has 7 heteroatoms. The zero-order chi connectivity index (χ0) is 16.7. The average Bonchev–Trinajstić information content (AvgIpc) is 3.12. The molecule has 3 aliphatic rings. The quantitative estimate of drug-likeness (QED) is 0.891. The largest absolute Gasteiger partial charge is 0.447 e. The number of nitrogens with one attached hydrogen (secondary N) is 1. The van der Waals surface area contributed by atoms with E-state index in [-0.39, 0.29) is 12.1 Å². The van der Waals surface area contributed by atoms with Crippen LogP contribution in [-0.4, -0.2) is 71.3 Å². The number of alkyl carbamates (subject to hydrolysis) is 1. The van der Waals surface area contributed by atoms with Crippen LogP contribution in [0.15, 0.2) is 0 Å². The van der Waals surface area contributed by atoms with E-state index in [4.69, 9.17) is 9.72 Å². The number of fused-ring (bicyclic) bond motifs is 1. The Morgan fingerprint density at radius 2 is 2.04 bits per heavy atom. The summed E-state index contributed by atoms with van der Waals surface area (Å²) in [6.07, 6.45) is 2.02. The first kappa shape index (κ1) is 15.9. The second-order valence-corrected chi connectivity index (χ2v) is 7.39. The van der Waals surface area contributed by atoms with Crippen molar-refractivity contribution in [2.45, 2.75) is 44.8 Å². The molecule has 1 aromatic rings. The Morgan fingerprint density at radius 3 is 2.75 bits per heavy atom. The molecular formula is C17H27N5O2. The van der Waals surface area contributed by atoms with Crippen LogP contribution >= 0.6 is 0 Å². The number of hydrogen-bond acceptors (Lipinski definition) is 5. The Labute approximate surface area is 143 Å². The number of aromatic nitrogens is 2. The maximum absolute atomic E-state index is 11.1. The van der Waals surface area contributed by atoms with Crippen LogP contribution in [0.3, 0.4) is 0 Å². The first-order valence-electron chi connectivity index (χ1n) is 9.00. The number of likely N-dealkylation sites (N-methyl/N-ethyl adjacent to an activating group) is 1. The third kappa shape index (κ3) is 3.02. The molecule has 1 aromatic heterocycles. The molecule has 3 aliphatic heterocycles. The molecule has 1 unspecified atom stereocenters. The molecule has 7 nitrogen and oxygen atoms in total. The van der Waals surface area contributed by atoms with Gasteiger partial charge in [0.2, 0.25) is 0 Å². The van der Waals surface area contributed by atoms with Crippen LogP contribution in [-0.2, 0) is 17.8 Å². The summed E-state index contributed by atoms with van der Waals surface area (Å²) >= 11 is 0. The number of rotatable bonds is 3. The monoisotopic (exact) mass is 333 g/mol. The fourth-order valence-corrected chi connectivity index (χ4v) is 4.25. The second-order valence-electron chi connectivity index (χ2n) is 7.39. The second kappa shape index (κ2) is 6.37. The fourth-order valence-electron chi connectivity index (χ4n) is 4.25. The van der Waals surface area contributed by atoms with E-state index in [2.05, 4.69) is 33.7 Å². The van der Waals surface area contributed by atoms with Crippen LogP contribution in [0.5, 0.6) is 0 Å². The van der Waals surface area contributed by atoms with E-state index in [0.29, 0.717) is 12.5 Å². The number of imidazole rings is 1. The highest BCUT2D eigenvalue weighted by molar-refractivity contribution is 5.69. The Morgan fingerprint density at radius 1 is 1.25 bits per heavy atom. The van der Waals surface area contributed by atoms with Gasteiger partial charge in [0, 0.05) is 32.1 Å². The van der Waals surface area contributed by atoms with E-state index in [1.165, 1.54) is 17.2 Å². The van der Waals surface area contributed by atoms with Gasteiger partial charge in [-0.15, -0.1) is 0 Å². The van der Waals surface area contributed by atoms with Gasteiger partial charge in [0.05, 0.1) is 17.4 Å². The number of amides is 1. The van der Waals surface area contributed by atoms with Crippen LogP contribution in [0.2, 0.25) is 0 Å². The molecule has 2 saturated heterocycles. The predicted octanol–water partition coefficient (Wildman–Crippen LogP) is 0.925. The van der Waals surface area contributed by atoms with Crippen LogP contribution in [0, 0.1) is 6.92 Å². The van der Waals surface area contributed by atoms with Crippen LogP contribution in [0.25, 0.3) is 0 Å². The lowest BCUT2D eigenvalue weighted by Crippen LogP contribution is -2.43. The average molecular weight is 333 g/mol. The molecule has 24 heavy (non-hydrogen) atoms. The lowest BCUT2D eigenvalue weighted by Gasteiger charge is -2.33. The molecule has 0 saturated carbocycles. The van der Waals surface area contributed by atoms with Crippen molar-refractivity contribution >= 4 is 6.09 Å². The number of aryl methyl sites for hydroxylation is 1. The first-order chi connectivity index (χ1) is 11.6. The van der Waals surface area contributed by atoms with Gasteiger partial charge in [-0.1, -0.05) is 0 Å². The maximum atomic E-state index is 11.1. The van der Waals surface area contributed by atoms with Gasteiger partial charge in [0.1, 0.15) is 12.4 Å². The number of nitrogens with zero attached hydrogens (tertiary/aromatic N) is 4. The highest BCUT2D eigenvalue weighted by Crippen LogP contribution is 2.32. The summed E-state index contributed by atoms with van der Waals surface area (Å²) in [5.74, 6) is 1.73. The van der Waals surface area contributed by atoms with Crippen molar-refractivity contribution < 1.29 is 9.53 Å². The summed E-state index contributed by atoms with van der Waals surface area (Å²) in [7, 11) is 2.19. The third-order valence-corrected chi connectivity index (χ3v) is 5.61. The third-order valence-electron chi connectivity index (χ3n) is 5.61. The highest BCUT2D eigenvalue weighted by Gasteiger charge is 2.30. The fraction of sp³-hybridized carbons (Fsp3) is 0.765. The van der Waals surface area contributed by atoms with Gasteiger partial charge >= 0.3 is 6.09 Å². The van der Waals surface area contributed by atoms with Gasteiger partial charge in [-0.25, -0.2) is 9.78 Å². The molecule has 1 atom stereocenters. The number of carbonyl (C=O) groups is 1.